The smallest absolute Gasteiger partial charge is 0.220 e. The van der Waals surface area contributed by atoms with Gasteiger partial charge in [0, 0.05) is 6.42 Å². The van der Waals surface area contributed by atoms with Crippen LogP contribution in [0.1, 0.15) is 232 Å². The molecule has 1 amide bonds. The zero-order chi connectivity index (χ0) is 40.2. The van der Waals surface area contributed by atoms with Gasteiger partial charge in [0.05, 0.1) is 25.4 Å². The molecule has 1 aliphatic rings. The summed E-state index contributed by atoms with van der Waals surface area (Å²) in [6.07, 6.45) is 34.0. The van der Waals surface area contributed by atoms with Crippen molar-refractivity contribution in [3.63, 3.8) is 0 Å². The van der Waals surface area contributed by atoms with Gasteiger partial charge in [-0.25, -0.2) is 0 Å². The van der Waals surface area contributed by atoms with Crippen LogP contribution in [-0.4, -0.2) is 87.5 Å². The Balaban J connectivity index is 2.24. The molecule has 6 N–H and O–H groups in total. The highest BCUT2D eigenvalue weighted by Gasteiger charge is 2.44. The van der Waals surface area contributed by atoms with E-state index in [0.29, 0.717) is 12.8 Å². The Hall–Kier alpha value is -0.810. The van der Waals surface area contributed by atoms with E-state index >= 15 is 0 Å². The molecule has 1 fully saturated rings. The summed E-state index contributed by atoms with van der Waals surface area (Å²) in [5, 5.41) is 54.3. The summed E-state index contributed by atoms with van der Waals surface area (Å²) in [7, 11) is 0. The molecule has 0 radical (unpaired) electrons. The largest absolute Gasteiger partial charge is 0.394 e. The van der Waals surface area contributed by atoms with Crippen molar-refractivity contribution in [2.24, 2.45) is 0 Å². The molecular formula is C46H91NO8. The summed E-state index contributed by atoms with van der Waals surface area (Å²) in [5.74, 6) is -0.141. The SMILES string of the molecule is CCCCCCCCCCCCCCCCCCCCCCCC(=O)N[C@@H](CO[C@H]1O[C@@H](CO)[C@H](O)C(O)C1O)[C@H](O)CCCCCCCCCCCCC. The topological polar surface area (TPSA) is 149 Å². The molecule has 0 saturated carbocycles. The van der Waals surface area contributed by atoms with Crippen LogP contribution < -0.4 is 5.32 Å². The molecule has 0 aromatic rings. The van der Waals surface area contributed by atoms with Crippen LogP contribution in [0.15, 0.2) is 0 Å². The molecule has 1 rings (SSSR count). The van der Waals surface area contributed by atoms with Crippen molar-refractivity contribution in [3.8, 4) is 0 Å². The van der Waals surface area contributed by atoms with Gasteiger partial charge in [-0.15, -0.1) is 0 Å². The lowest BCUT2D eigenvalue weighted by atomic mass is 9.99. The van der Waals surface area contributed by atoms with Crippen molar-refractivity contribution >= 4 is 5.91 Å². The highest BCUT2D eigenvalue weighted by atomic mass is 16.7. The molecule has 9 heteroatoms. The van der Waals surface area contributed by atoms with Crippen LogP contribution in [0.3, 0.4) is 0 Å². The van der Waals surface area contributed by atoms with E-state index in [2.05, 4.69) is 19.2 Å². The van der Waals surface area contributed by atoms with Crippen molar-refractivity contribution in [2.45, 2.75) is 275 Å². The Bertz CT molecular complexity index is 832. The van der Waals surface area contributed by atoms with Gasteiger partial charge in [-0.2, -0.15) is 0 Å². The first-order valence-electron chi connectivity index (χ1n) is 23.7. The average Bonchev–Trinajstić information content (AvgIpc) is 3.18. The molecule has 55 heavy (non-hydrogen) atoms. The molecule has 1 saturated heterocycles. The Morgan fingerprint density at radius 3 is 1.29 bits per heavy atom. The molecule has 0 bridgehead atoms. The summed E-state index contributed by atoms with van der Waals surface area (Å²) in [6.45, 7) is 3.84. The number of nitrogens with one attached hydrogen (secondary N) is 1. The maximum absolute atomic E-state index is 13.0. The molecule has 1 heterocycles. The van der Waals surface area contributed by atoms with E-state index in [-0.39, 0.29) is 12.5 Å². The predicted octanol–water partition coefficient (Wildman–Crippen LogP) is 9.95. The van der Waals surface area contributed by atoms with Crippen molar-refractivity contribution < 1.29 is 39.8 Å². The Morgan fingerprint density at radius 2 is 0.909 bits per heavy atom. The molecular weight excluding hydrogens is 695 g/mol. The highest BCUT2D eigenvalue weighted by Crippen LogP contribution is 2.23. The molecule has 0 aromatic heterocycles. The fraction of sp³-hybridized carbons (Fsp3) is 0.978. The van der Waals surface area contributed by atoms with Gasteiger partial charge >= 0.3 is 0 Å². The summed E-state index contributed by atoms with van der Waals surface area (Å²) in [4.78, 5) is 13.0. The third kappa shape index (κ3) is 28.3. The second-order valence-electron chi connectivity index (χ2n) is 16.9. The van der Waals surface area contributed by atoms with E-state index in [0.717, 1.165) is 38.5 Å². The Morgan fingerprint density at radius 1 is 0.545 bits per heavy atom. The molecule has 0 aliphatic carbocycles. The van der Waals surface area contributed by atoms with Gasteiger partial charge < -0.3 is 40.3 Å². The first-order valence-corrected chi connectivity index (χ1v) is 23.7. The van der Waals surface area contributed by atoms with Gasteiger partial charge in [-0.05, 0) is 12.8 Å². The van der Waals surface area contributed by atoms with Crippen LogP contribution in [0, 0.1) is 0 Å². The van der Waals surface area contributed by atoms with Crippen LogP contribution in [-0.2, 0) is 14.3 Å². The quantitative estimate of drug-likeness (QED) is 0.0337. The zero-order valence-corrected chi connectivity index (χ0v) is 36.0. The lowest BCUT2D eigenvalue weighted by molar-refractivity contribution is -0.302. The van der Waals surface area contributed by atoms with Crippen molar-refractivity contribution in [1.82, 2.24) is 5.32 Å². The normalized spacial score (nSPS) is 21.2. The second-order valence-corrected chi connectivity index (χ2v) is 16.9. The van der Waals surface area contributed by atoms with Gasteiger partial charge in [-0.1, -0.05) is 213 Å². The summed E-state index contributed by atoms with van der Waals surface area (Å²) >= 11 is 0. The minimum atomic E-state index is -1.55. The minimum absolute atomic E-state index is 0.132. The number of rotatable bonds is 40. The Labute approximate surface area is 338 Å². The predicted molar refractivity (Wildman–Crippen MR) is 226 cm³/mol. The monoisotopic (exact) mass is 786 g/mol. The van der Waals surface area contributed by atoms with Crippen molar-refractivity contribution in [1.29, 1.82) is 0 Å². The molecule has 2 unspecified atom stereocenters. The van der Waals surface area contributed by atoms with Gasteiger partial charge in [-0.3, -0.25) is 4.79 Å². The molecule has 328 valence electrons. The Kier molecular flexibility index (Phi) is 35.6. The number of amides is 1. The third-order valence-electron chi connectivity index (χ3n) is 11.7. The molecule has 9 nitrogen and oxygen atoms in total. The number of aliphatic hydroxyl groups excluding tert-OH is 5. The number of carbonyl (C=O) groups excluding carboxylic acids is 1. The minimum Gasteiger partial charge on any atom is -0.394 e. The zero-order valence-electron chi connectivity index (χ0n) is 36.0. The molecule has 0 spiro atoms. The number of unbranched alkanes of at least 4 members (excludes halogenated alkanes) is 30. The number of hydrogen-bond donors (Lipinski definition) is 6. The van der Waals surface area contributed by atoms with Crippen LogP contribution in [0.25, 0.3) is 0 Å². The van der Waals surface area contributed by atoms with Gasteiger partial charge in [0.25, 0.3) is 0 Å². The number of ether oxygens (including phenoxy) is 2. The first-order chi connectivity index (χ1) is 26.8. The fourth-order valence-electron chi connectivity index (χ4n) is 7.87. The van der Waals surface area contributed by atoms with Crippen molar-refractivity contribution in [3.05, 3.63) is 0 Å². The van der Waals surface area contributed by atoms with E-state index in [1.807, 2.05) is 0 Å². The lowest BCUT2D eigenvalue weighted by Gasteiger charge is -2.40. The third-order valence-corrected chi connectivity index (χ3v) is 11.7. The van der Waals surface area contributed by atoms with E-state index < -0.39 is 49.5 Å². The first kappa shape index (κ1) is 52.2. The maximum atomic E-state index is 13.0. The molecule has 0 aromatic carbocycles. The number of aliphatic hydroxyl groups is 5. The van der Waals surface area contributed by atoms with Crippen LogP contribution >= 0.6 is 0 Å². The van der Waals surface area contributed by atoms with Gasteiger partial charge in [0.15, 0.2) is 6.29 Å². The highest BCUT2D eigenvalue weighted by molar-refractivity contribution is 5.76. The summed E-state index contributed by atoms with van der Waals surface area (Å²) in [5.41, 5.74) is 0. The number of carbonyl (C=O) groups is 1. The van der Waals surface area contributed by atoms with Gasteiger partial charge in [0.2, 0.25) is 5.91 Å². The van der Waals surface area contributed by atoms with E-state index in [1.165, 1.54) is 167 Å². The lowest BCUT2D eigenvalue weighted by Crippen LogP contribution is -2.60. The van der Waals surface area contributed by atoms with Crippen molar-refractivity contribution in [2.75, 3.05) is 13.2 Å². The molecule has 7 atom stereocenters. The fourth-order valence-corrected chi connectivity index (χ4v) is 7.87. The standard InChI is InChI=1S/C46H91NO8/c1-3-5-7-9-11-13-15-16-17-18-19-20-21-22-23-24-26-28-30-32-34-36-42(50)47-39(38-54-46-45(53)44(52)43(51)41(37-48)55-46)40(49)35-33-31-29-27-25-14-12-10-8-6-4-2/h39-41,43-46,48-49,51-53H,3-38H2,1-2H3,(H,47,50)/t39-,40+,41-,43-,44?,45?,46-/m0/s1. The van der Waals surface area contributed by atoms with Crippen LogP contribution in [0.5, 0.6) is 0 Å². The van der Waals surface area contributed by atoms with Crippen LogP contribution in [0.4, 0.5) is 0 Å². The average molecular weight is 786 g/mol. The summed E-state index contributed by atoms with van der Waals surface area (Å²) < 4.78 is 11.2. The van der Waals surface area contributed by atoms with E-state index in [4.69, 9.17) is 9.47 Å². The number of hydrogen-bond acceptors (Lipinski definition) is 8. The van der Waals surface area contributed by atoms with E-state index in [9.17, 15) is 30.3 Å². The van der Waals surface area contributed by atoms with Gasteiger partial charge in [0.1, 0.15) is 24.4 Å². The van der Waals surface area contributed by atoms with Crippen LogP contribution in [0.2, 0.25) is 0 Å². The maximum Gasteiger partial charge on any atom is 0.220 e. The van der Waals surface area contributed by atoms with E-state index in [1.54, 1.807) is 0 Å². The second kappa shape index (κ2) is 37.5. The molecule has 1 aliphatic heterocycles. The summed E-state index contributed by atoms with van der Waals surface area (Å²) in [6, 6.07) is -0.710.